The smallest absolute Gasteiger partial charge is 0.333 e. The van der Waals surface area contributed by atoms with Crippen LogP contribution in [0.15, 0.2) is 11.6 Å². The summed E-state index contributed by atoms with van der Waals surface area (Å²) in [5.74, 6) is -2.14. The molecule has 0 unspecified atom stereocenters. The lowest BCUT2D eigenvalue weighted by molar-refractivity contribution is -0.139. The summed E-state index contributed by atoms with van der Waals surface area (Å²) in [7, 11) is 0. The number of esters is 1. The summed E-state index contributed by atoms with van der Waals surface area (Å²) in [5.41, 5.74) is 4.90. The lowest BCUT2D eigenvalue weighted by Crippen LogP contribution is -2.57. The minimum atomic E-state index is -3.09. The second-order valence-corrected chi connectivity index (χ2v) is 4.70. The van der Waals surface area contributed by atoms with Gasteiger partial charge >= 0.3 is 5.97 Å². The lowest BCUT2D eigenvalue weighted by Gasteiger charge is -2.36. The first-order chi connectivity index (χ1) is 12.7. The Morgan fingerprint density at radius 3 is 2.68 bits per heavy atom. The summed E-state index contributed by atoms with van der Waals surface area (Å²) in [6.07, 6.45) is -5.85. The van der Waals surface area contributed by atoms with Gasteiger partial charge in [-0.2, -0.15) is 0 Å². The van der Waals surface area contributed by atoms with E-state index in [0.29, 0.717) is 12.8 Å². The fourth-order valence-corrected chi connectivity index (χ4v) is 1.84. The van der Waals surface area contributed by atoms with Gasteiger partial charge < -0.3 is 20.5 Å². The van der Waals surface area contributed by atoms with Crippen LogP contribution in [0.25, 0.3) is 0 Å². The van der Waals surface area contributed by atoms with E-state index in [1.165, 1.54) is 6.92 Å². The van der Waals surface area contributed by atoms with E-state index in [2.05, 4.69) is 0 Å². The highest BCUT2D eigenvalue weighted by Gasteiger charge is 2.35. The zero-order chi connectivity index (χ0) is 22.1. The molecule has 0 radical (unpaired) electrons. The van der Waals surface area contributed by atoms with Crippen LogP contribution in [0.4, 0.5) is 0 Å². The molecule has 0 aromatic carbocycles. The molecule has 0 spiro atoms. The number of hydrogen-bond acceptors (Lipinski definition) is 5. The Morgan fingerprint density at radius 2 is 2.18 bits per heavy atom. The molecule has 1 aliphatic rings. The maximum Gasteiger partial charge on any atom is 0.333 e. The van der Waals surface area contributed by atoms with Gasteiger partial charge in [-0.05, 0) is 32.2 Å². The molecule has 1 rings (SSSR count). The molecule has 0 saturated heterocycles. The number of rotatable bonds is 7. The van der Waals surface area contributed by atoms with Crippen LogP contribution in [0.2, 0.25) is 0 Å². The quantitative estimate of drug-likeness (QED) is 0.690. The Bertz CT molecular complexity index is 668. The van der Waals surface area contributed by atoms with Gasteiger partial charge in [0.25, 0.3) is 0 Å². The van der Waals surface area contributed by atoms with E-state index in [1.54, 1.807) is 13.8 Å². The van der Waals surface area contributed by atoms with Crippen LogP contribution in [-0.2, 0) is 19.1 Å². The summed E-state index contributed by atoms with van der Waals surface area (Å²) in [6, 6.07) is -7.02. The van der Waals surface area contributed by atoms with Gasteiger partial charge in [-0.1, -0.05) is 13.8 Å². The topological polar surface area (TPSA) is 90.6 Å². The van der Waals surface area contributed by atoms with Crippen molar-refractivity contribution in [2.24, 2.45) is 5.73 Å². The van der Waals surface area contributed by atoms with Crippen LogP contribution < -0.4 is 11.1 Å². The number of nitrogens with two attached hydrogens (primary N) is 1. The molecule has 0 saturated carbocycles. The van der Waals surface area contributed by atoms with Gasteiger partial charge in [0.05, 0.1) is 28.9 Å². The van der Waals surface area contributed by atoms with Crippen molar-refractivity contribution in [3.8, 4) is 0 Å². The molecule has 126 valence electrons. The molecule has 22 heavy (non-hydrogen) atoms. The Balaban J connectivity index is 3.91. The summed E-state index contributed by atoms with van der Waals surface area (Å²) >= 11 is 0. The van der Waals surface area contributed by atoms with Crippen LogP contribution in [0.5, 0.6) is 0 Å². The predicted molar refractivity (Wildman–Crippen MR) is 84.2 cm³/mol. The fourth-order valence-electron chi connectivity index (χ4n) is 1.84. The van der Waals surface area contributed by atoms with E-state index in [-0.39, 0.29) is 6.61 Å². The van der Waals surface area contributed by atoms with Crippen molar-refractivity contribution < 1.29 is 27.3 Å². The first-order valence-electron chi connectivity index (χ1n) is 10.3. The zero-order valence-electron chi connectivity index (χ0n) is 19.4. The molecule has 6 nitrogen and oxygen atoms in total. The van der Waals surface area contributed by atoms with Crippen molar-refractivity contribution in [1.82, 2.24) is 5.32 Å². The second kappa shape index (κ2) is 8.90. The number of nitrogens with one attached hydrogen (secondary N) is 1. The number of amides is 1. The van der Waals surface area contributed by atoms with Gasteiger partial charge in [0.1, 0.15) is 0 Å². The monoisotopic (exact) mass is 318 g/mol. The normalized spacial score (nSPS) is 41.5. The average molecular weight is 318 g/mol. The van der Waals surface area contributed by atoms with E-state index in [4.69, 9.17) is 23.4 Å². The van der Waals surface area contributed by atoms with Gasteiger partial charge in [0.2, 0.25) is 5.91 Å². The predicted octanol–water partition coefficient (Wildman–Crippen LogP) is 1.29. The third-order valence-electron chi connectivity index (χ3n) is 2.97. The zero-order valence-corrected chi connectivity index (χ0v) is 13.4. The number of ether oxygens (including phenoxy) is 2. The molecule has 1 amide bonds. The maximum absolute atomic E-state index is 12.4. The SMILES string of the molecule is [2H]C1=C(C(=O)OCC)C([2H])([2H])[C@]([2H])(N)[C@@]([2H])(NC(C)=O)[C@]1([2H])OC(CC)CC. The van der Waals surface area contributed by atoms with Crippen molar-refractivity contribution in [2.75, 3.05) is 6.61 Å². The van der Waals surface area contributed by atoms with E-state index < -0.39 is 54.1 Å². The Morgan fingerprint density at radius 1 is 1.55 bits per heavy atom. The van der Waals surface area contributed by atoms with Crippen molar-refractivity contribution in [2.45, 2.75) is 71.1 Å². The number of carbonyl (C=O) groups is 2. The van der Waals surface area contributed by atoms with Gasteiger partial charge in [0.15, 0.2) is 0 Å². The molecular weight excluding hydrogens is 284 g/mol. The Labute approximate surface area is 140 Å². The van der Waals surface area contributed by atoms with E-state index in [0.717, 1.165) is 6.92 Å². The molecule has 0 bridgehead atoms. The second-order valence-electron chi connectivity index (χ2n) is 4.70. The first-order valence-corrected chi connectivity index (χ1v) is 7.32. The number of hydrogen-bond donors (Lipinski definition) is 2. The third-order valence-corrected chi connectivity index (χ3v) is 2.97. The number of carbonyl (C=O) groups excluding carboxylic acids is 2. The third kappa shape index (κ3) is 5.10. The molecule has 1 aliphatic carbocycles. The summed E-state index contributed by atoms with van der Waals surface area (Å²) < 4.78 is 61.1. The highest BCUT2D eigenvalue weighted by molar-refractivity contribution is 5.89. The molecule has 6 heteroatoms. The van der Waals surface area contributed by atoms with Crippen molar-refractivity contribution in [1.29, 1.82) is 0 Å². The Hall–Kier alpha value is -1.40. The lowest BCUT2D eigenvalue weighted by atomic mass is 9.88. The molecule has 0 aromatic rings. The molecule has 0 heterocycles. The molecule has 0 fully saturated rings. The summed E-state index contributed by atoms with van der Waals surface area (Å²) in [5, 5.41) is 2.03. The largest absolute Gasteiger partial charge is 0.463 e. The molecule has 3 atom stereocenters. The van der Waals surface area contributed by atoms with Gasteiger partial charge in [-0.3, -0.25) is 4.79 Å². The average Bonchev–Trinajstić information content (AvgIpc) is 2.57. The van der Waals surface area contributed by atoms with Gasteiger partial charge in [-0.15, -0.1) is 0 Å². The van der Waals surface area contributed by atoms with E-state index in [9.17, 15) is 9.59 Å². The minimum Gasteiger partial charge on any atom is -0.463 e. The van der Waals surface area contributed by atoms with Gasteiger partial charge in [-0.25, -0.2) is 4.79 Å². The molecule has 3 N–H and O–H groups in total. The van der Waals surface area contributed by atoms with Crippen LogP contribution in [0, 0.1) is 0 Å². The maximum atomic E-state index is 12.4. The summed E-state index contributed by atoms with van der Waals surface area (Å²) in [4.78, 5) is 24.1. The van der Waals surface area contributed by atoms with E-state index in [1.807, 2.05) is 5.32 Å². The van der Waals surface area contributed by atoms with Gasteiger partial charge in [0, 0.05) is 22.6 Å². The van der Waals surface area contributed by atoms with Crippen LogP contribution in [0.3, 0.4) is 0 Å². The van der Waals surface area contributed by atoms with E-state index >= 15 is 0 Å². The van der Waals surface area contributed by atoms with Crippen molar-refractivity contribution >= 4 is 11.9 Å². The molecule has 0 aromatic heterocycles. The first kappa shape index (κ1) is 11.2. The highest BCUT2D eigenvalue weighted by atomic mass is 16.5. The standard InChI is InChI=1S/C16H28N2O4/c1-5-12(6-2)22-14-9-11(16(20)21-7-3)8-13(17)15(14)18-10(4)19/h9,12-15H,5-8,17H2,1-4H3,(H,18,19)/t13-,14+,15+/m0/s1/i8D2,9D,13D,14D,15D. The highest BCUT2D eigenvalue weighted by Crippen LogP contribution is 2.24. The molecular formula is C16H28N2O4. The minimum absolute atomic E-state index is 0.141. The van der Waals surface area contributed by atoms with Crippen LogP contribution in [-0.4, -0.2) is 42.7 Å². The fraction of sp³-hybridized carbons (Fsp3) is 0.750. The molecule has 0 aliphatic heterocycles. The Kier molecular flexibility index (Phi) is 4.53. The summed E-state index contributed by atoms with van der Waals surface area (Å²) in [6.45, 7) is 5.81. The van der Waals surface area contributed by atoms with Crippen molar-refractivity contribution in [3.63, 3.8) is 0 Å². The van der Waals surface area contributed by atoms with Crippen molar-refractivity contribution in [3.05, 3.63) is 11.6 Å². The van der Waals surface area contributed by atoms with Crippen LogP contribution >= 0.6 is 0 Å². The van der Waals surface area contributed by atoms with Crippen LogP contribution in [0.1, 0.15) is 55.1 Å².